The molecule has 0 N–H and O–H groups in total. The van der Waals surface area contributed by atoms with Crippen LogP contribution in [0.1, 0.15) is 46.0 Å². The Morgan fingerprint density at radius 2 is 1.69 bits per heavy atom. The van der Waals surface area contributed by atoms with E-state index in [4.69, 9.17) is 0 Å². The quantitative estimate of drug-likeness (QED) is 0.664. The molecular formula is C13H26N2O. The van der Waals surface area contributed by atoms with E-state index in [1.54, 1.807) is 0 Å². The van der Waals surface area contributed by atoms with E-state index in [2.05, 4.69) is 18.7 Å². The highest BCUT2D eigenvalue weighted by molar-refractivity contribution is 5.76. The Kier molecular flexibility index (Phi) is 6.46. The molecule has 0 radical (unpaired) electrons. The molecule has 0 aromatic carbocycles. The summed E-state index contributed by atoms with van der Waals surface area (Å²) in [5.74, 6) is 0.343. The van der Waals surface area contributed by atoms with Crippen molar-refractivity contribution in [2.45, 2.75) is 46.0 Å². The molecule has 0 atom stereocenters. The molecule has 1 saturated heterocycles. The molecule has 3 nitrogen and oxygen atoms in total. The van der Waals surface area contributed by atoms with Crippen molar-refractivity contribution in [3.8, 4) is 0 Å². The third-order valence-corrected chi connectivity index (χ3v) is 3.18. The van der Waals surface area contributed by atoms with E-state index in [-0.39, 0.29) is 0 Å². The SMILES string of the molecule is CCCN(CCC)C(=O)CCN1CCCC1. The summed E-state index contributed by atoms with van der Waals surface area (Å²) in [6, 6.07) is 0. The van der Waals surface area contributed by atoms with Crippen LogP contribution in [0.3, 0.4) is 0 Å². The van der Waals surface area contributed by atoms with Gasteiger partial charge in [0.2, 0.25) is 5.91 Å². The maximum atomic E-state index is 12.0. The van der Waals surface area contributed by atoms with Crippen LogP contribution in [-0.2, 0) is 4.79 Å². The average Bonchev–Trinajstić information content (AvgIpc) is 2.78. The molecule has 0 bridgehead atoms. The summed E-state index contributed by atoms with van der Waals surface area (Å²) < 4.78 is 0. The van der Waals surface area contributed by atoms with E-state index < -0.39 is 0 Å². The molecule has 16 heavy (non-hydrogen) atoms. The molecule has 3 heteroatoms. The average molecular weight is 226 g/mol. The van der Waals surface area contributed by atoms with E-state index in [0.717, 1.165) is 32.5 Å². The Morgan fingerprint density at radius 1 is 1.12 bits per heavy atom. The fourth-order valence-electron chi connectivity index (χ4n) is 2.32. The van der Waals surface area contributed by atoms with Crippen LogP contribution in [0.4, 0.5) is 0 Å². The molecule has 0 unspecified atom stereocenters. The third kappa shape index (κ3) is 4.52. The standard InChI is InChI=1S/C13H26N2O/c1-3-8-15(9-4-2)13(16)7-12-14-10-5-6-11-14/h3-12H2,1-2H3. The highest BCUT2D eigenvalue weighted by Gasteiger charge is 2.15. The van der Waals surface area contributed by atoms with Crippen molar-refractivity contribution in [1.29, 1.82) is 0 Å². The van der Waals surface area contributed by atoms with Crippen LogP contribution in [0, 0.1) is 0 Å². The van der Waals surface area contributed by atoms with Gasteiger partial charge in [0.05, 0.1) is 0 Å². The number of hydrogen-bond acceptors (Lipinski definition) is 2. The van der Waals surface area contributed by atoms with Crippen molar-refractivity contribution < 1.29 is 4.79 Å². The van der Waals surface area contributed by atoms with Crippen LogP contribution in [0.5, 0.6) is 0 Å². The Balaban J connectivity index is 2.24. The van der Waals surface area contributed by atoms with Crippen LogP contribution < -0.4 is 0 Å². The van der Waals surface area contributed by atoms with Crippen LogP contribution in [0.25, 0.3) is 0 Å². The number of rotatable bonds is 7. The molecular weight excluding hydrogens is 200 g/mol. The summed E-state index contributed by atoms with van der Waals surface area (Å²) in [6.07, 6.45) is 5.45. The van der Waals surface area contributed by atoms with Gasteiger partial charge in [-0.25, -0.2) is 0 Å². The molecule has 1 aliphatic heterocycles. The molecule has 0 aromatic heterocycles. The molecule has 0 aliphatic carbocycles. The van der Waals surface area contributed by atoms with Gasteiger partial charge in [-0.15, -0.1) is 0 Å². The smallest absolute Gasteiger partial charge is 0.223 e. The zero-order valence-electron chi connectivity index (χ0n) is 10.9. The number of likely N-dealkylation sites (tertiary alicyclic amines) is 1. The fraction of sp³-hybridized carbons (Fsp3) is 0.923. The summed E-state index contributed by atoms with van der Waals surface area (Å²) in [4.78, 5) is 16.4. The summed E-state index contributed by atoms with van der Waals surface area (Å²) in [5.41, 5.74) is 0. The molecule has 0 spiro atoms. The van der Waals surface area contributed by atoms with Gasteiger partial charge in [0, 0.05) is 26.1 Å². The minimum Gasteiger partial charge on any atom is -0.343 e. The van der Waals surface area contributed by atoms with E-state index in [9.17, 15) is 4.79 Å². The summed E-state index contributed by atoms with van der Waals surface area (Å²) in [6.45, 7) is 9.46. The first kappa shape index (κ1) is 13.5. The minimum absolute atomic E-state index is 0.343. The van der Waals surface area contributed by atoms with Gasteiger partial charge in [0.15, 0.2) is 0 Å². The van der Waals surface area contributed by atoms with Crippen molar-refractivity contribution in [1.82, 2.24) is 9.80 Å². The molecule has 1 aliphatic rings. The number of amides is 1. The maximum absolute atomic E-state index is 12.0. The van der Waals surface area contributed by atoms with Gasteiger partial charge in [0.25, 0.3) is 0 Å². The van der Waals surface area contributed by atoms with Gasteiger partial charge in [-0.3, -0.25) is 4.79 Å². The highest BCUT2D eigenvalue weighted by Crippen LogP contribution is 2.08. The first-order chi connectivity index (χ1) is 7.77. The Labute approximate surface area is 99.8 Å². The van der Waals surface area contributed by atoms with Gasteiger partial charge < -0.3 is 9.80 Å². The van der Waals surface area contributed by atoms with Gasteiger partial charge in [0.1, 0.15) is 0 Å². The number of hydrogen-bond donors (Lipinski definition) is 0. The number of carbonyl (C=O) groups excluding carboxylic acids is 1. The first-order valence-electron chi connectivity index (χ1n) is 6.78. The lowest BCUT2D eigenvalue weighted by molar-refractivity contribution is -0.131. The highest BCUT2D eigenvalue weighted by atomic mass is 16.2. The van der Waals surface area contributed by atoms with Crippen LogP contribution in [0.15, 0.2) is 0 Å². The Hall–Kier alpha value is -0.570. The van der Waals surface area contributed by atoms with Crippen LogP contribution in [-0.4, -0.2) is 48.4 Å². The monoisotopic (exact) mass is 226 g/mol. The van der Waals surface area contributed by atoms with E-state index in [1.807, 2.05) is 4.90 Å². The lowest BCUT2D eigenvalue weighted by atomic mass is 10.3. The predicted molar refractivity (Wildman–Crippen MR) is 67.5 cm³/mol. The van der Waals surface area contributed by atoms with Crippen molar-refractivity contribution in [3.05, 3.63) is 0 Å². The molecule has 1 heterocycles. The van der Waals surface area contributed by atoms with E-state index >= 15 is 0 Å². The summed E-state index contributed by atoms with van der Waals surface area (Å²) in [5, 5.41) is 0. The fourth-order valence-corrected chi connectivity index (χ4v) is 2.32. The second kappa shape index (κ2) is 7.66. The Bertz CT molecular complexity index is 194. The summed E-state index contributed by atoms with van der Waals surface area (Å²) in [7, 11) is 0. The zero-order chi connectivity index (χ0) is 11.8. The zero-order valence-corrected chi connectivity index (χ0v) is 10.9. The Morgan fingerprint density at radius 3 is 2.19 bits per heavy atom. The molecule has 1 rings (SSSR count). The van der Waals surface area contributed by atoms with E-state index in [1.165, 1.54) is 25.9 Å². The third-order valence-electron chi connectivity index (χ3n) is 3.18. The number of nitrogens with zero attached hydrogens (tertiary/aromatic N) is 2. The lowest BCUT2D eigenvalue weighted by Gasteiger charge is -2.23. The normalized spacial score (nSPS) is 16.6. The molecule has 0 aromatic rings. The number of carbonyl (C=O) groups is 1. The van der Waals surface area contributed by atoms with Crippen LogP contribution in [0.2, 0.25) is 0 Å². The van der Waals surface area contributed by atoms with Gasteiger partial charge >= 0.3 is 0 Å². The second-order valence-electron chi connectivity index (χ2n) is 4.68. The molecule has 1 amide bonds. The molecule has 1 fully saturated rings. The van der Waals surface area contributed by atoms with Gasteiger partial charge in [-0.05, 0) is 38.8 Å². The topological polar surface area (TPSA) is 23.6 Å². The molecule has 94 valence electrons. The van der Waals surface area contributed by atoms with Crippen molar-refractivity contribution in [2.75, 3.05) is 32.7 Å². The van der Waals surface area contributed by atoms with Crippen molar-refractivity contribution in [3.63, 3.8) is 0 Å². The van der Waals surface area contributed by atoms with Gasteiger partial charge in [-0.1, -0.05) is 13.8 Å². The van der Waals surface area contributed by atoms with Crippen LogP contribution >= 0.6 is 0 Å². The van der Waals surface area contributed by atoms with Crippen molar-refractivity contribution >= 4 is 5.91 Å². The maximum Gasteiger partial charge on any atom is 0.223 e. The second-order valence-corrected chi connectivity index (χ2v) is 4.68. The summed E-state index contributed by atoms with van der Waals surface area (Å²) >= 11 is 0. The minimum atomic E-state index is 0.343. The largest absolute Gasteiger partial charge is 0.343 e. The molecule has 0 saturated carbocycles. The van der Waals surface area contributed by atoms with Gasteiger partial charge in [-0.2, -0.15) is 0 Å². The van der Waals surface area contributed by atoms with Crippen molar-refractivity contribution in [2.24, 2.45) is 0 Å². The predicted octanol–water partition coefficient (Wildman–Crippen LogP) is 2.12. The van der Waals surface area contributed by atoms with E-state index in [0.29, 0.717) is 12.3 Å². The first-order valence-corrected chi connectivity index (χ1v) is 6.78. The lowest BCUT2D eigenvalue weighted by Crippen LogP contribution is -2.35.